The summed E-state index contributed by atoms with van der Waals surface area (Å²) < 4.78 is 5.62. The van der Waals surface area contributed by atoms with Crippen molar-refractivity contribution in [3.63, 3.8) is 0 Å². The Kier molecular flexibility index (Phi) is 4.99. The van der Waals surface area contributed by atoms with Crippen LogP contribution in [0.3, 0.4) is 0 Å². The molecule has 0 aliphatic rings. The van der Waals surface area contributed by atoms with E-state index in [9.17, 15) is 0 Å². The number of tetrazole rings is 1. The van der Waals surface area contributed by atoms with Crippen molar-refractivity contribution < 1.29 is 9.84 Å². The van der Waals surface area contributed by atoms with Crippen LogP contribution in [-0.4, -0.2) is 42.9 Å². The van der Waals surface area contributed by atoms with Crippen LogP contribution in [-0.2, 0) is 6.54 Å². The standard InChI is InChI=1S/C15H15ClN6O2/c16-11-2-4-13(5-3-11)24-14-6-1-10(7-18-14)15-19-21-22(20-15)8-12(17)9-23/h1-7,12,23H,8-9,17H2/t12-/m0/s1. The van der Waals surface area contributed by atoms with E-state index < -0.39 is 6.04 Å². The van der Waals surface area contributed by atoms with E-state index in [4.69, 9.17) is 27.2 Å². The van der Waals surface area contributed by atoms with Gasteiger partial charge in [-0.05, 0) is 35.5 Å². The molecule has 1 atom stereocenters. The predicted molar refractivity (Wildman–Crippen MR) is 87.6 cm³/mol. The molecule has 0 bridgehead atoms. The molecule has 124 valence electrons. The van der Waals surface area contributed by atoms with Crippen LogP contribution in [0.15, 0.2) is 42.6 Å². The number of hydrogen-bond acceptors (Lipinski definition) is 7. The highest BCUT2D eigenvalue weighted by Gasteiger charge is 2.09. The first kappa shape index (κ1) is 16.3. The Balaban J connectivity index is 1.69. The van der Waals surface area contributed by atoms with E-state index in [1.807, 2.05) is 0 Å². The molecule has 1 aromatic carbocycles. The molecule has 0 saturated carbocycles. The minimum absolute atomic E-state index is 0.144. The zero-order chi connectivity index (χ0) is 16.9. The Bertz CT molecular complexity index is 790. The number of rotatable bonds is 6. The average Bonchev–Trinajstić information content (AvgIpc) is 3.06. The highest BCUT2D eigenvalue weighted by Crippen LogP contribution is 2.23. The highest BCUT2D eigenvalue weighted by molar-refractivity contribution is 6.30. The Morgan fingerprint density at radius 2 is 2.00 bits per heavy atom. The summed E-state index contributed by atoms with van der Waals surface area (Å²) in [5, 5.41) is 21.6. The molecule has 3 aromatic rings. The SMILES string of the molecule is N[C@H](CO)Cn1nnc(-c2ccc(Oc3ccc(Cl)cc3)nc2)n1. The number of pyridine rings is 1. The first-order valence-corrected chi connectivity index (χ1v) is 7.56. The van der Waals surface area contributed by atoms with Gasteiger partial charge in [-0.2, -0.15) is 4.80 Å². The van der Waals surface area contributed by atoms with Crippen molar-refractivity contribution in [2.45, 2.75) is 12.6 Å². The van der Waals surface area contributed by atoms with Crippen LogP contribution in [0.1, 0.15) is 0 Å². The van der Waals surface area contributed by atoms with Crippen LogP contribution in [0.2, 0.25) is 5.02 Å². The highest BCUT2D eigenvalue weighted by atomic mass is 35.5. The summed E-state index contributed by atoms with van der Waals surface area (Å²) in [6, 6.07) is 10.1. The van der Waals surface area contributed by atoms with E-state index >= 15 is 0 Å². The lowest BCUT2D eigenvalue weighted by Crippen LogP contribution is -2.30. The number of aliphatic hydroxyl groups is 1. The number of nitrogens with zero attached hydrogens (tertiary/aromatic N) is 5. The average molecular weight is 347 g/mol. The third kappa shape index (κ3) is 4.05. The van der Waals surface area contributed by atoms with E-state index in [-0.39, 0.29) is 13.2 Å². The van der Waals surface area contributed by atoms with Crippen molar-refractivity contribution in [2.75, 3.05) is 6.61 Å². The molecule has 3 rings (SSSR count). The Morgan fingerprint density at radius 1 is 1.21 bits per heavy atom. The molecule has 3 N–H and O–H groups in total. The topological polar surface area (TPSA) is 112 Å². The number of benzene rings is 1. The number of aliphatic hydroxyl groups excluding tert-OH is 1. The van der Waals surface area contributed by atoms with Crippen molar-refractivity contribution in [2.24, 2.45) is 5.73 Å². The molecule has 0 unspecified atom stereocenters. The molecule has 0 spiro atoms. The van der Waals surface area contributed by atoms with Crippen molar-refractivity contribution in [3.05, 3.63) is 47.6 Å². The molecule has 24 heavy (non-hydrogen) atoms. The normalized spacial score (nSPS) is 12.1. The van der Waals surface area contributed by atoms with Crippen molar-refractivity contribution in [1.29, 1.82) is 0 Å². The van der Waals surface area contributed by atoms with Crippen LogP contribution in [0.25, 0.3) is 11.4 Å². The van der Waals surface area contributed by atoms with Crippen molar-refractivity contribution >= 4 is 11.6 Å². The lowest BCUT2D eigenvalue weighted by atomic mass is 10.3. The third-order valence-corrected chi connectivity index (χ3v) is 3.37. The fourth-order valence-corrected chi connectivity index (χ4v) is 2.03. The molecule has 8 nitrogen and oxygen atoms in total. The molecule has 0 amide bonds. The zero-order valence-electron chi connectivity index (χ0n) is 12.6. The van der Waals surface area contributed by atoms with Crippen LogP contribution < -0.4 is 10.5 Å². The summed E-state index contributed by atoms with van der Waals surface area (Å²) >= 11 is 5.83. The van der Waals surface area contributed by atoms with Gasteiger partial charge in [0.15, 0.2) is 0 Å². The number of ether oxygens (including phenoxy) is 1. The van der Waals surface area contributed by atoms with Gasteiger partial charge in [-0.25, -0.2) is 4.98 Å². The fraction of sp³-hybridized carbons (Fsp3) is 0.200. The van der Waals surface area contributed by atoms with E-state index in [1.54, 1.807) is 42.6 Å². The largest absolute Gasteiger partial charge is 0.439 e. The number of halogens is 1. The number of nitrogens with two attached hydrogens (primary N) is 1. The maximum Gasteiger partial charge on any atom is 0.219 e. The maximum atomic E-state index is 8.94. The summed E-state index contributed by atoms with van der Waals surface area (Å²) in [5.74, 6) is 1.50. The summed E-state index contributed by atoms with van der Waals surface area (Å²) in [6.45, 7) is 0.143. The minimum atomic E-state index is -0.430. The van der Waals surface area contributed by atoms with Gasteiger partial charge in [-0.1, -0.05) is 11.6 Å². The molecule has 2 heterocycles. The molecule has 2 aromatic heterocycles. The first-order valence-electron chi connectivity index (χ1n) is 7.18. The second-order valence-electron chi connectivity index (χ2n) is 5.05. The fourth-order valence-electron chi connectivity index (χ4n) is 1.90. The van der Waals surface area contributed by atoms with Gasteiger partial charge in [-0.15, -0.1) is 10.2 Å². The van der Waals surface area contributed by atoms with Crippen molar-refractivity contribution in [1.82, 2.24) is 25.2 Å². The van der Waals surface area contributed by atoms with Gasteiger partial charge in [0.05, 0.1) is 13.2 Å². The monoisotopic (exact) mass is 346 g/mol. The lowest BCUT2D eigenvalue weighted by molar-refractivity contribution is 0.245. The van der Waals surface area contributed by atoms with E-state index in [0.717, 1.165) is 0 Å². The second-order valence-corrected chi connectivity index (χ2v) is 5.49. The molecule has 0 fully saturated rings. The van der Waals surface area contributed by atoms with E-state index in [0.29, 0.717) is 28.0 Å². The third-order valence-electron chi connectivity index (χ3n) is 3.12. The first-order chi connectivity index (χ1) is 11.6. The second kappa shape index (κ2) is 7.35. The molecule has 0 radical (unpaired) electrons. The Labute approximate surface area is 142 Å². The zero-order valence-corrected chi connectivity index (χ0v) is 13.3. The molecule has 9 heteroatoms. The van der Waals surface area contributed by atoms with Gasteiger partial charge in [0.2, 0.25) is 11.7 Å². The number of hydrogen-bond donors (Lipinski definition) is 2. The smallest absolute Gasteiger partial charge is 0.219 e. The van der Waals surface area contributed by atoms with Gasteiger partial charge in [0.25, 0.3) is 0 Å². The molecule has 0 saturated heterocycles. The van der Waals surface area contributed by atoms with E-state index in [2.05, 4.69) is 20.4 Å². The molecule has 0 aliphatic carbocycles. The quantitative estimate of drug-likeness (QED) is 0.695. The summed E-state index contributed by atoms with van der Waals surface area (Å²) in [4.78, 5) is 5.56. The maximum absolute atomic E-state index is 8.94. The summed E-state index contributed by atoms with van der Waals surface area (Å²) in [6.07, 6.45) is 1.60. The van der Waals surface area contributed by atoms with Crippen LogP contribution >= 0.6 is 11.6 Å². The lowest BCUT2D eigenvalue weighted by Gasteiger charge is -2.05. The summed E-state index contributed by atoms with van der Waals surface area (Å²) in [7, 11) is 0. The van der Waals surface area contributed by atoms with E-state index in [1.165, 1.54) is 4.80 Å². The summed E-state index contributed by atoms with van der Waals surface area (Å²) in [5.41, 5.74) is 6.34. The van der Waals surface area contributed by atoms with Gasteiger partial charge >= 0.3 is 0 Å². The van der Waals surface area contributed by atoms with Crippen LogP contribution in [0.5, 0.6) is 11.6 Å². The van der Waals surface area contributed by atoms with Gasteiger partial charge < -0.3 is 15.6 Å². The van der Waals surface area contributed by atoms with Gasteiger partial charge in [0, 0.05) is 28.9 Å². The number of aromatic nitrogens is 5. The van der Waals surface area contributed by atoms with Gasteiger partial charge in [-0.3, -0.25) is 0 Å². The van der Waals surface area contributed by atoms with Crippen molar-refractivity contribution in [3.8, 4) is 23.0 Å². The van der Waals surface area contributed by atoms with Crippen LogP contribution in [0.4, 0.5) is 0 Å². The Morgan fingerprint density at radius 3 is 2.67 bits per heavy atom. The minimum Gasteiger partial charge on any atom is -0.439 e. The molecular weight excluding hydrogens is 332 g/mol. The molecular formula is C15H15ClN6O2. The van der Waals surface area contributed by atoms with Crippen LogP contribution in [0, 0.1) is 0 Å². The Hall–Kier alpha value is -2.55. The predicted octanol–water partition coefficient (Wildman–Crippen LogP) is 1.50. The van der Waals surface area contributed by atoms with Gasteiger partial charge in [0.1, 0.15) is 5.75 Å². The molecule has 0 aliphatic heterocycles.